The Morgan fingerprint density at radius 2 is 2.30 bits per heavy atom. The molecule has 2 unspecified atom stereocenters. The molecule has 2 aliphatic rings. The molecule has 0 aromatic heterocycles. The summed E-state index contributed by atoms with van der Waals surface area (Å²) in [6.07, 6.45) is 4.78. The Hall–Kier alpha value is -0.750. The summed E-state index contributed by atoms with van der Waals surface area (Å²) in [7, 11) is 0. The van der Waals surface area contributed by atoms with Gasteiger partial charge >= 0.3 is 0 Å². The van der Waals surface area contributed by atoms with Crippen LogP contribution in [0.5, 0.6) is 0 Å². The predicted octanol–water partition coefficient (Wildman–Crippen LogP) is 0.946. The molecule has 0 bridgehead atoms. The largest absolute Gasteiger partial charge is 0.353 e. The van der Waals surface area contributed by atoms with Gasteiger partial charge in [0.05, 0.1) is 5.88 Å². The lowest BCUT2D eigenvalue weighted by molar-refractivity contribution is -0.138. The van der Waals surface area contributed by atoms with Gasteiger partial charge in [0.15, 0.2) is 0 Å². The van der Waals surface area contributed by atoms with Gasteiger partial charge in [-0.15, -0.1) is 11.8 Å². The molecule has 6 heteroatoms. The lowest BCUT2D eigenvalue weighted by Crippen LogP contribution is -2.49. The molecule has 20 heavy (non-hydrogen) atoms. The molecule has 2 saturated heterocycles. The number of carbonyl (C=O) groups excluding carboxylic acids is 2. The van der Waals surface area contributed by atoms with Crippen LogP contribution in [0.15, 0.2) is 0 Å². The van der Waals surface area contributed by atoms with Crippen molar-refractivity contribution in [1.29, 1.82) is 0 Å². The average molecular weight is 299 g/mol. The van der Waals surface area contributed by atoms with Crippen LogP contribution in [0.25, 0.3) is 0 Å². The van der Waals surface area contributed by atoms with Gasteiger partial charge in [-0.2, -0.15) is 0 Å². The zero-order chi connectivity index (χ0) is 14.4. The Morgan fingerprint density at radius 1 is 1.45 bits per heavy atom. The highest BCUT2D eigenvalue weighted by molar-refractivity contribution is 7.99. The van der Waals surface area contributed by atoms with Crippen molar-refractivity contribution in [2.45, 2.75) is 51.1 Å². The molecular weight excluding hydrogens is 274 g/mol. The Kier molecular flexibility index (Phi) is 6.16. The van der Waals surface area contributed by atoms with E-state index < -0.39 is 0 Å². The summed E-state index contributed by atoms with van der Waals surface area (Å²) in [5.74, 6) is 1.51. The van der Waals surface area contributed by atoms with Gasteiger partial charge in [-0.3, -0.25) is 9.59 Å². The fourth-order valence-corrected chi connectivity index (χ4v) is 3.83. The number of nitrogens with one attached hydrogen (secondary N) is 2. The summed E-state index contributed by atoms with van der Waals surface area (Å²) in [5.41, 5.74) is 0. The monoisotopic (exact) mass is 299 g/mol. The smallest absolute Gasteiger partial charge is 0.243 e. The van der Waals surface area contributed by atoms with Crippen molar-refractivity contribution in [3.8, 4) is 0 Å². The summed E-state index contributed by atoms with van der Waals surface area (Å²) in [4.78, 5) is 26.1. The Morgan fingerprint density at radius 3 is 3.00 bits per heavy atom. The Bertz CT molecular complexity index is 345. The number of hydrogen-bond donors (Lipinski definition) is 2. The number of thioether (sulfide) groups is 1. The van der Waals surface area contributed by atoms with Gasteiger partial charge < -0.3 is 15.5 Å². The lowest BCUT2D eigenvalue weighted by atomic mass is 10.2. The molecule has 0 aliphatic carbocycles. The first-order valence-electron chi connectivity index (χ1n) is 7.60. The molecule has 2 rings (SSSR count). The summed E-state index contributed by atoms with van der Waals surface area (Å²) >= 11 is 1.67. The second kappa shape index (κ2) is 7.88. The number of carbonyl (C=O) groups is 2. The number of rotatable bonds is 6. The van der Waals surface area contributed by atoms with Gasteiger partial charge in [-0.05, 0) is 25.8 Å². The second-order valence-corrected chi connectivity index (χ2v) is 6.52. The molecule has 2 N–H and O–H groups in total. The number of unbranched alkanes of at least 4 members (excludes halogenated alkanes) is 1. The summed E-state index contributed by atoms with van der Waals surface area (Å²) in [6.45, 7) is 3.79. The molecule has 0 spiro atoms. The van der Waals surface area contributed by atoms with E-state index >= 15 is 0 Å². The summed E-state index contributed by atoms with van der Waals surface area (Å²) in [6, 6.07) is 0.128. The van der Waals surface area contributed by atoms with Gasteiger partial charge in [-0.25, -0.2) is 0 Å². The third-order valence-corrected chi connectivity index (χ3v) is 4.95. The Balaban J connectivity index is 1.79. The fraction of sp³-hybridized carbons (Fsp3) is 0.857. The molecule has 0 aromatic carbocycles. The first-order chi connectivity index (χ1) is 9.72. The highest BCUT2D eigenvalue weighted by Gasteiger charge is 2.34. The van der Waals surface area contributed by atoms with E-state index in [4.69, 9.17) is 0 Å². The quantitative estimate of drug-likeness (QED) is 0.766. The highest BCUT2D eigenvalue weighted by atomic mass is 32.2. The highest BCUT2D eigenvalue weighted by Crippen LogP contribution is 2.22. The van der Waals surface area contributed by atoms with E-state index in [-0.39, 0.29) is 17.9 Å². The minimum atomic E-state index is -0.272. The minimum Gasteiger partial charge on any atom is -0.353 e. The third kappa shape index (κ3) is 4.12. The van der Waals surface area contributed by atoms with Crippen molar-refractivity contribution >= 4 is 23.6 Å². The molecule has 114 valence electrons. The minimum absolute atomic E-state index is 0.00792. The van der Waals surface area contributed by atoms with E-state index in [1.807, 2.05) is 0 Å². The van der Waals surface area contributed by atoms with Crippen LogP contribution < -0.4 is 10.6 Å². The van der Waals surface area contributed by atoms with Crippen LogP contribution in [0.1, 0.15) is 39.0 Å². The summed E-state index contributed by atoms with van der Waals surface area (Å²) < 4.78 is 0. The van der Waals surface area contributed by atoms with Crippen LogP contribution >= 0.6 is 11.8 Å². The molecule has 0 aromatic rings. The number of hydrogen-bond acceptors (Lipinski definition) is 4. The van der Waals surface area contributed by atoms with Gasteiger partial charge in [-0.1, -0.05) is 13.3 Å². The molecule has 2 aliphatic heterocycles. The van der Waals surface area contributed by atoms with E-state index in [2.05, 4.69) is 17.6 Å². The van der Waals surface area contributed by atoms with E-state index in [1.165, 1.54) is 6.42 Å². The zero-order valence-electron chi connectivity index (χ0n) is 12.2. The standard InChI is InChI=1S/C14H25N3O2S/c1-2-3-6-13(18)17-10-20-9-12(17)14(19)16-8-11-5-4-7-15-11/h11-12,15H,2-10H2,1H3,(H,16,19). The first kappa shape index (κ1) is 15.6. The maximum atomic E-state index is 12.2. The molecular formula is C14H25N3O2S. The van der Waals surface area contributed by atoms with Gasteiger partial charge in [0.2, 0.25) is 11.8 Å². The third-order valence-electron chi connectivity index (χ3n) is 3.93. The van der Waals surface area contributed by atoms with Crippen LogP contribution in [0.3, 0.4) is 0 Å². The average Bonchev–Trinajstić information content (AvgIpc) is 3.12. The Labute approximate surface area is 125 Å². The van der Waals surface area contributed by atoms with Crippen molar-refractivity contribution in [3.05, 3.63) is 0 Å². The van der Waals surface area contributed by atoms with E-state index in [0.29, 0.717) is 24.9 Å². The molecule has 2 atom stereocenters. The van der Waals surface area contributed by atoms with E-state index in [9.17, 15) is 9.59 Å². The SMILES string of the molecule is CCCCC(=O)N1CSCC1C(=O)NCC1CCCN1. The lowest BCUT2D eigenvalue weighted by Gasteiger charge is -2.23. The first-order valence-corrected chi connectivity index (χ1v) is 8.76. The van der Waals surface area contributed by atoms with Crippen molar-refractivity contribution in [2.24, 2.45) is 0 Å². The maximum absolute atomic E-state index is 12.2. The second-order valence-electron chi connectivity index (χ2n) is 5.52. The van der Waals surface area contributed by atoms with Crippen LogP contribution in [0.2, 0.25) is 0 Å². The molecule has 0 saturated carbocycles. The number of nitrogens with zero attached hydrogens (tertiary/aromatic N) is 1. The summed E-state index contributed by atoms with van der Waals surface area (Å²) in [5, 5.41) is 6.36. The molecule has 0 radical (unpaired) electrons. The van der Waals surface area contributed by atoms with Crippen LogP contribution in [-0.4, -0.2) is 53.5 Å². The van der Waals surface area contributed by atoms with Crippen molar-refractivity contribution in [1.82, 2.24) is 15.5 Å². The van der Waals surface area contributed by atoms with Crippen molar-refractivity contribution in [2.75, 3.05) is 24.7 Å². The maximum Gasteiger partial charge on any atom is 0.243 e. The van der Waals surface area contributed by atoms with Gasteiger partial charge in [0.1, 0.15) is 6.04 Å². The van der Waals surface area contributed by atoms with Crippen molar-refractivity contribution < 1.29 is 9.59 Å². The number of amides is 2. The van der Waals surface area contributed by atoms with Gasteiger partial charge in [0, 0.05) is 24.8 Å². The molecule has 2 heterocycles. The topological polar surface area (TPSA) is 61.4 Å². The van der Waals surface area contributed by atoms with Gasteiger partial charge in [0.25, 0.3) is 0 Å². The fourth-order valence-electron chi connectivity index (χ4n) is 2.65. The van der Waals surface area contributed by atoms with E-state index in [1.54, 1.807) is 16.7 Å². The normalized spacial score (nSPS) is 25.9. The molecule has 2 fully saturated rings. The van der Waals surface area contributed by atoms with Crippen molar-refractivity contribution in [3.63, 3.8) is 0 Å². The zero-order valence-corrected chi connectivity index (χ0v) is 13.0. The predicted molar refractivity (Wildman–Crippen MR) is 81.5 cm³/mol. The van der Waals surface area contributed by atoms with Crippen LogP contribution in [0.4, 0.5) is 0 Å². The molecule has 5 nitrogen and oxygen atoms in total. The van der Waals surface area contributed by atoms with Crippen LogP contribution in [0, 0.1) is 0 Å². The van der Waals surface area contributed by atoms with Crippen LogP contribution in [-0.2, 0) is 9.59 Å². The molecule has 2 amide bonds. The van der Waals surface area contributed by atoms with E-state index in [0.717, 1.165) is 31.6 Å².